The summed E-state index contributed by atoms with van der Waals surface area (Å²) < 4.78 is 17.8. The van der Waals surface area contributed by atoms with Crippen LogP contribution in [0.2, 0.25) is 6.04 Å². The van der Waals surface area contributed by atoms with Crippen LogP contribution in [0.25, 0.3) is 0 Å². The van der Waals surface area contributed by atoms with Gasteiger partial charge in [-0.3, -0.25) is 14.7 Å². The lowest BCUT2D eigenvalue weighted by atomic mass is 10.4. The fourth-order valence-corrected chi connectivity index (χ4v) is 5.83. The minimum atomic E-state index is -2.53. The first-order valence-electron chi connectivity index (χ1n) is 9.43. The predicted octanol–water partition coefficient (Wildman–Crippen LogP) is 2.59. The van der Waals surface area contributed by atoms with Crippen molar-refractivity contribution < 1.29 is 13.3 Å². The minimum absolute atomic E-state index is 0.635. The standard InChI is InChI=1S/C18H37N3O3Si/c1-6-12-19-16-20(13-7-2)18-21(17-19)14-11-15-25(22-8-3,23-9-4)24-10-5/h6-7H,1-2,8-18H2,3-5H3. The van der Waals surface area contributed by atoms with Crippen LogP contribution >= 0.6 is 0 Å². The molecule has 0 atom stereocenters. The SMILES string of the molecule is C=CCN1CN(CC=C)CN(CCC[Si](OCC)(OCC)OCC)C1. The highest BCUT2D eigenvalue weighted by atomic mass is 28.4. The van der Waals surface area contributed by atoms with Crippen molar-refractivity contribution in [1.82, 2.24) is 14.7 Å². The smallest absolute Gasteiger partial charge is 0.374 e. The van der Waals surface area contributed by atoms with E-state index < -0.39 is 8.80 Å². The Morgan fingerprint density at radius 2 is 1.24 bits per heavy atom. The van der Waals surface area contributed by atoms with Gasteiger partial charge in [0, 0.05) is 45.5 Å². The molecule has 0 spiro atoms. The van der Waals surface area contributed by atoms with Crippen LogP contribution < -0.4 is 0 Å². The second-order valence-corrected chi connectivity index (χ2v) is 8.92. The second kappa shape index (κ2) is 12.8. The Balaban J connectivity index is 2.57. The number of hydrogen-bond donors (Lipinski definition) is 0. The first-order chi connectivity index (χ1) is 12.1. The summed E-state index contributed by atoms with van der Waals surface area (Å²) in [6.45, 7) is 21.3. The van der Waals surface area contributed by atoms with Crippen molar-refractivity contribution >= 4 is 8.80 Å². The van der Waals surface area contributed by atoms with Gasteiger partial charge in [0.15, 0.2) is 0 Å². The maximum absolute atomic E-state index is 5.95. The zero-order valence-corrected chi connectivity index (χ0v) is 17.4. The first kappa shape index (κ1) is 22.5. The highest BCUT2D eigenvalue weighted by Crippen LogP contribution is 2.19. The molecule has 0 radical (unpaired) electrons. The van der Waals surface area contributed by atoms with Crippen LogP contribution in [0.15, 0.2) is 25.3 Å². The number of hydrogen-bond acceptors (Lipinski definition) is 6. The van der Waals surface area contributed by atoms with Crippen molar-refractivity contribution in [2.45, 2.75) is 33.2 Å². The van der Waals surface area contributed by atoms with Gasteiger partial charge in [0.2, 0.25) is 0 Å². The van der Waals surface area contributed by atoms with Crippen molar-refractivity contribution in [3.63, 3.8) is 0 Å². The molecule has 0 aromatic heterocycles. The number of nitrogens with zero attached hydrogens (tertiary/aromatic N) is 3. The van der Waals surface area contributed by atoms with Gasteiger partial charge in [0.25, 0.3) is 0 Å². The molecule has 1 fully saturated rings. The van der Waals surface area contributed by atoms with E-state index in [2.05, 4.69) is 27.9 Å². The van der Waals surface area contributed by atoms with Crippen LogP contribution in [0.5, 0.6) is 0 Å². The molecule has 0 bridgehead atoms. The van der Waals surface area contributed by atoms with Gasteiger partial charge in [-0.1, -0.05) is 12.2 Å². The fraction of sp³-hybridized carbons (Fsp3) is 0.778. The lowest BCUT2D eigenvalue weighted by Gasteiger charge is -2.42. The van der Waals surface area contributed by atoms with Gasteiger partial charge < -0.3 is 13.3 Å². The molecule has 0 unspecified atom stereocenters. The van der Waals surface area contributed by atoms with Gasteiger partial charge in [0.1, 0.15) is 0 Å². The van der Waals surface area contributed by atoms with E-state index in [1.165, 1.54) is 0 Å². The molecular weight excluding hydrogens is 334 g/mol. The predicted molar refractivity (Wildman–Crippen MR) is 105 cm³/mol. The van der Waals surface area contributed by atoms with Crippen LogP contribution in [0.3, 0.4) is 0 Å². The molecule has 1 aliphatic heterocycles. The molecule has 1 aliphatic rings. The quantitative estimate of drug-likeness (QED) is 0.345. The lowest BCUT2D eigenvalue weighted by molar-refractivity contribution is -0.0182. The zero-order valence-electron chi connectivity index (χ0n) is 16.4. The molecule has 146 valence electrons. The molecule has 1 rings (SSSR count). The maximum Gasteiger partial charge on any atom is 0.500 e. The highest BCUT2D eigenvalue weighted by Gasteiger charge is 2.39. The largest absolute Gasteiger partial charge is 0.500 e. The van der Waals surface area contributed by atoms with E-state index in [1.807, 2.05) is 32.9 Å². The van der Waals surface area contributed by atoms with Gasteiger partial charge in [-0.15, -0.1) is 13.2 Å². The van der Waals surface area contributed by atoms with E-state index in [-0.39, 0.29) is 0 Å². The molecule has 6 nitrogen and oxygen atoms in total. The Bertz CT molecular complexity index is 350. The summed E-state index contributed by atoms with van der Waals surface area (Å²) in [6.07, 6.45) is 4.94. The van der Waals surface area contributed by atoms with Gasteiger partial charge in [-0.25, -0.2) is 0 Å². The topological polar surface area (TPSA) is 37.4 Å². The van der Waals surface area contributed by atoms with Crippen LogP contribution in [-0.4, -0.2) is 83.0 Å². The van der Waals surface area contributed by atoms with Crippen molar-refractivity contribution in [1.29, 1.82) is 0 Å². The molecule has 7 heteroatoms. The Morgan fingerprint density at radius 3 is 1.64 bits per heavy atom. The molecule has 25 heavy (non-hydrogen) atoms. The summed E-state index contributed by atoms with van der Waals surface area (Å²) in [5.41, 5.74) is 0. The van der Waals surface area contributed by atoms with Crippen molar-refractivity contribution in [3.05, 3.63) is 25.3 Å². The molecular formula is C18H37N3O3Si. The van der Waals surface area contributed by atoms with Crippen LogP contribution in [0, 0.1) is 0 Å². The van der Waals surface area contributed by atoms with Crippen LogP contribution in [0.4, 0.5) is 0 Å². The van der Waals surface area contributed by atoms with E-state index in [4.69, 9.17) is 13.3 Å². The first-order valence-corrected chi connectivity index (χ1v) is 11.4. The van der Waals surface area contributed by atoms with Crippen molar-refractivity contribution in [2.75, 3.05) is 59.5 Å². The molecule has 0 aromatic carbocycles. The molecule has 1 saturated heterocycles. The minimum Gasteiger partial charge on any atom is -0.374 e. The summed E-state index contributed by atoms with van der Waals surface area (Å²) in [5.74, 6) is 0. The highest BCUT2D eigenvalue weighted by molar-refractivity contribution is 6.60. The maximum atomic E-state index is 5.95. The van der Waals surface area contributed by atoms with Crippen molar-refractivity contribution in [2.24, 2.45) is 0 Å². The van der Waals surface area contributed by atoms with Crippen LogP contribution in [0.1, 0.15) is 27.2 Å². The second-order valence-electron chi connectivity index (χ2n) is 6.19. The van der Waals surface area contributed by atoms with Gasteiger partial charge in [-0.2, -0.15) is 0 Å². The monoisotopic (exact) mass is 371 g/mol. The number of rotatable bonds is 14. The van der Waals surface area contributed by atoms with Gasteiger partial charge >= 0.3 is 8.80 Å². The fourth-order valence-electron chi connectivity index (χ4n) is 3.24. The third-order valence-corrected chi connectivity index (χ3v) is 7.18. The Labute approximate surface area is 155 Å². The van der Waals surface area contributed by atoms with E-state index >= 15 is 0 Å². The lowest BCUT2D eigenvalue weighted by Crippen LogP contribution is -2.55. The van der Waals surface area contributed by atoms with Crippen LogP contribution in [-0.2, 0) is 13.3 Å². The Hall–Kier alpha value is -0.543. The van der Waals surface area contributed by atoms with E-state index in [0.717, 1.165) is 52.1 Å². The van der Waals surface area contributed by atoms with E-state index in [9.17, 15) is 0 Å². The summed E-state index contributed by atoms with van der Waals surface area (Å²) in [7, 11) is -2.53. The molecule has 0 saturated carbocycles. The molecule has 0 aromatic rings. The Kier molecular flexibility index (Phi) is 11.5. The summed E-state index contributed by atoms with van der Waals surface area (Å²) in [6, 6.07) is 0.863. The average Bonchev–Trinajstić information content (AvgIpc) is 2.56. The molecule has 0 amide bonds. The van der Waals surface area contributed by atoms with E-state index in [1.54, 1.807) is 0 Å². The molecule has 1 heterocycles. The Morgan fingerprint density at radius 1 is 0.800 bits per heavy atom. The summed E-state index contributed by atoms with van der Waals surface area (Å²) in [4.78, 5) is 7.23. The van der Waals surface area contributed by atoms with Crippen molar-refractivity contribution in [3.8, 4) is 0 Å². The normalized spacial score (nSPS) is 17.7. The molecule has 0 aliphatic carbocycles. The van der Waals surface area contributed by atoms with Gasteiger partial charge in [0.05, 0.1) is 20.0 Å². The summed E-state index contributed by atoms with van der Waals surface area (Å²) in [5, 5.41) is 0. The third-order valence-electron chi connectivity index (χ3n) is 4.02. The van der Waals surface area contributed by atoms with E-state index in [0.29, 0.717) is 19.8 Å². The summed E-state index contributed by atoms with van der Waals surface area (Å²) >= 11 is 0. The third kappa shape index (κ3) is 8.13. The average molecular weight is 372 g/mol. The molecule has 0 N–H and O–H groups in total. The zero-order chi connectivity index (χ0) is 18.5. The van der Waals surface area contributed by atoms with Gasteiger partial charge in [-0.05, 0) is 27.2 Å².